The van der Waals surface area contributed by atoms with Crippen molar-refractivity contribution in [1.82, 2.24) is 0 Å². The lowest BCUT2D eigenvalue weighted by Gasteiger charge is -2.14. The number of carbonyl (C=O) groups excluding carboxylic acids is 3. The van der Waals surface area contributed by atoms with Crippen LogP contribution < -0.4 is 10.2 Å². The second kappa shape index (κ2) is 8.25. The van der Waals surface area contributed by atoms with Crippen molar-refractivity contribution >= 4 is 52.1 Å². The van der Waals surface area contributed by atoms with Gasteiger partial charge in [0.15, 0.2) is 0 Å². The van der Waals surface area contributed by atoms with Crippen LogP contribution in [-0.2, 0) is 9.59 Å². The molecule has 0 saturated carbocycles. The van der Waals surface area contributed by atoms with E-state index < -0.39 is 40.7 Å². The highest BCUT2D eigenvalue weighted by Crippen LogP contribution is 2.34. The van der Waals surface area contributed by atoms with Gasteiger partial charge in [0.1, 0.15) is 11.0 Å². The fraction of sp³-hybridized carbons (Fsp3) is 0.105. The molecule has 0 radical (unpaired) electrons. The summed E-state index contributed by atoms with van der Waals surface area (Å²) >= 11 is 0.642. The van der Waals surface area contributed by atoms with E-state index in [2.05, 4.69) is 5.32 Å². The van der Waals surface area contributed by atoms with Crippen molar-refractivity contribution in [2.45, 2.75) is 11.7 Å². The molecule has 0 bridgehead atoms. The summed E-state index contributed by atoms with van der Waals surface area (Å²) in [5.74, 6) is -4.12. The van der Waals surface area contributed by atoms with Gasteiger partial charge in [-0.3, -0.25) is 14.4 Å². The summed E-state index contributed by atoms with van der Waals surface area (Å²) in [5, 5.41) is 28.3. The number of nitrogens with zero attached hydrogens (tertiary/aromatic N) is 1. The average molecular weight is 430 g/mol. The molecule has 11 heteroatoms. The van der Waals surface area contributed by atoms with E-state index in [1.165, 1.54) is 24.3 Å². The molecule has 2 aromatic carbocycles. The third-order valence-corrected chi connectivity index (χ3v) is 5.21. The minimum atomic E-state index is -1.37. The van der Waals surface area contributed by atoms with E-state index in [1.807, 2.05) is 0 Å². The number of aromatic hydroxyl groups is 1. The van der Waals surface area contributed by atoms with Crippen molar-refractivity contribution in [1.29, 1.82) is 0 Å². The molecule has 10 nitrogen and oxygen atoms in total. The van der Waals surface area contributed by atoms with Crippen molar-refractivity contribution in [3.8, 4) is 5.75 Å². The molecule has 0 aromatic heterocycles. The van der Waals surface area contributed by atoms with Crippen LogP contribution in [0, 0.1) is 0 Å². The zero-order valence-corrected chi connectivity index (χ0v) is 15.9. The number of phenolic OH excluding ortho intramolecular Hbond substituents is 1. The number of anilines is 2. The predicted molar refractivity (Wildman–Crippen MR) is 106 cm³/mol. The van der Waals surface area contributed by atoms with Crippen LogP contribution >= 0.6 is 11.8 Å². The Kier molecular flexibility index (Phi) is 5.74. The Morgan fingerprint density at radius 1 is 1.00 bits per heavy atom. The average Bonchev–Trinajstić information content (AvgIpc) is 2.95. The minimum Gasteiger partial charge on any atom is -0.508 e. The molecule has 1 fully saturated rings. The molecule has 154 valence electrons. The van der Waals surface area contributed by atoms with Gasteiger partial charge in [-0.05, 0) is 54.2 Å². The summed E-state index contributed by atoms with van der Waals surface area (Å²) in [5.41, 5.74) is -0.541. The van der Waals surface area contributed by atoms with E-state index in [0.29, 0.717) is 11.8 Å². The molecule has 3 amide bonds. The number of benzene rings is 2. The van der Waals surface area contributed by atoms with Crippen LogP contribution in [0.5, 0.6) is 5.75 Å². The molecule has 1 unspecified atom stereocenters. The third-order valence-electron chi connectivity index (χ3n) is 4.17. The summed E-state index contributed by atoms with van der Waals surface area (Å²) in [4.78, 5) is 60.5. The smallest absolute Gasteiger partial charge is 0.337 e. The lowest BCUT2D eigenvalue weighted by Crippen LogP contribution is -2.33. The molecule has 1 aliphatic heterocycles. The van der Waals surface area contributed by atoms with Gasteiger partial charge >= 0.3 is 11.9 Å². The van der Waals surface area contributed by atoms with Crippen LogP contribution in [0.15, 0.2) is 42.5 Å². The first kappa shape index (κ1) is 20.9. The first-order valence-electron chi connectivity index (χ1n) is 8.41. The number of hydrogen-bond acceptors (Lipinski definition) is 7. The number of imide groups is 1. The summed E-state index contributed by atoms with van der Waals surface area (Å²) in [7, 11) is 0. The highest BCUT2D eigenvalue weighted by atomic mass is 32.2. The molecular weight excluding hydrogens is 416 g/mol. The molecule has 3 rings (SSSR count). The van der Waals surface area contributed by atoms with E-state index >= 15 is 0 Å². The molecule has 4 N–H and O–H groups in total. The zero-order valence-electron chi connectivity index (χ0n) is 15.1. The first-order chi connectivity index (χ1) is 14.2. The van der Waals surface area contributed by atoms with Crippen LogP contribution in [0.4, 0.5) is 16.2 Å². The van der Waals surface area contributed by atoms with Gasteiger partial charge in [0.05, 0.1) is 22.5 Å². The molecule has 1 aliphatic rings. The number of carbonyl (C=O) groups is 5. The van der Waals surface area contributed by atoms with Crippen LogP contribution in [0.2, 0.25) is 0 Å². The minimum absolute atomic E-state index is 0.0424. The topological polar surface area (TPSA) is 161 Å². The maximum absolute atomic E-state index is 12.6. The summed E-state index contributed by atoms with van der Waals surface area (Å²) in [6.45, 7) is 0. The maximum Gasteiger partial charge on any atom is 0.337 e. The van der Waals surface area contributed by atoms with Crippen molar-refractivity contribution in [2.75, 3.05) is 10.2 Å². The Balaban J connectivity index is 1.75. The summed E-state index contributed by atoms with van der Waals surface area (Å²) in [6.07, 6.45) is -0.430. The highest BCUT2D eigenvalue weighted by molar-refractivity contribution is 8.15. The number of amides is 3. The maximum atomic E-state index is 12.6. The Labute approximate surface area is 173 Å². The van der Waals surface area contributed by atoms with Crippen molar-refractivity contribution in [2.24, 2.45) is 0 Å². The number of hydrogen-bond donors (Lipinski definition) is 4. The Hall–Kier alpha value is -3.86. The van der Waals surface area contributed by atoms with E-state index in [9.17, 15) is 34.2 Å². The lowest BCUT2D eigenvalue weighted by atomic mass is 10.1. The van der Waals surface area contributed by atoms with E-state index in [0.717, 1.165) is 23.1 Å². The molecule has 1 heterocycles. The van der Waals surface area contributed by atoms with Crippen LogP contribution in [0.3, 0.4) is 0 Å². The fourth-order valence-corrected chi connectivity index (χ4v) is 3.74. The molecular formula is C19H14N2O8S. The van der Waals surface area contributed by atoms with Gasteiger partial charge in [0.2, 0.25) is 11.8 Å². The molecule has 30 heavy (non-hydrogen) atoms. The fourth-order valence-electron chi connectivity index (χ4n) is 2.76. The zero-order chi connectivity index (χ0) is 22.0. The van der Waals surface area contributed by atoms with Gasteiger partial charge in [-0.15, -0.1) is 0 Å². The highest BCUT2D eigenvalue weighted by Gasteiger charge is 2.41. The summed E-state index contributed by atoms with van der Waals surface area (Å²) in [6, 6.07) is 8.52. The number of phenols is 1. The third kappa shape index (κ3) is 4.25. The number of carboxylic acids is 2. The monoisotopic (exact) mass is 430 g/mol. The number of aromatic carboxylic acids is 2. The van der Waals surface area contributed by atoms with Crippen molar-refractivity contribution < 1.29 is 39.3 Å². The second-order valence-electron chi connectivity index (χ2n) is 6.19. The van der Waals surface area contributed by atoms with Crippen LogP contribution in [0.1, 0.15) is 27.1 Å². The molecule has 1 atom stereocenters. The molecule has 0 aliphatic carbocycles. The van der Waals surface area contributed by atoms with Crippen molar-refractivity contribution in [3.63, 3.8) is 0 Å². The standard InChI is InChI=1S/C19H14N2O8S/c22-11-4-2-10(3-5-11)21-16(24)14(30-19(21)29)8-15(23)20-13-7-9(17(25)26)1-6-12(13)18(27)28/h1-7,14,22H,8H2,(H,20,23)(H,25,26)(H,27,28). The van der Waals surface area contributed by atoms with E-state index in [1.54, 1.807) is 0 Å². The van der Waals surface area contributed by atoms with Crippen LogP contribution in [-0.4, -0.2) is 49.6 Å². The molecule has 2 aromatic rings. The number of nitrogens with one attached hydrogen (secondary N) is 1. The largest absolute Gasteiger partial charge is 0.508 e. The summed E-state index contributed by atoms with van der Waals surface area (Å²) < 4.78 is 0. The van der Waals surface area contributed by atoms with Gasteiger partial charge in [0.25, 0.3) is 5.24 Å². The van der Waals surface area contributed by atoms with E-state index in [-0.39, 0.29) is 28.3 Å². The normalized spacial score (nSPS) is 15.9. The van der Waals surface area contributed by atoms with Crippen LogP contribution in [0.25, 0.3) is 0 Å². The van der Waals surface area contributed by atoms with Gasteiger partial charge in [0, 0.05) is 6.42 Å². The van der Waals surface area contributed by atoms with E-state index in [4.69, 9.17) is 5.11 Å². The van der Waals surface area contributed by atoms with Gasteiger partial charge in [-0.2, -0.15) is 0 Å². The number of carboxylic acid groups (broad SMARTS) is 2. The predicted octanol–water partition coefficient (Wildman–Crippen LogP) is 2.39. The molecule has 0 spiro atoms. The lowest BCUT2D eigenvalue weighted by molar-refractivity contribution is -0.121. The number of thioether (sulfide) groups is 1. The first-order valence-corrected chi connectivity index (χ1v) is 9.29. The Bertz CT molecular complexity index is 1070. The molecule has 1 saturated heterocycles. The SMILES string of the molecule is O=C(CC1SC(=O)N(c2ccc(O)cc2)C1=O)Nc1cc(C(=O)O)ccc1C(=O)O. The van der Waals surface area contributed by atoms with Gasteiger partial charge < -0.3 is 20.6 Å². The quantitative estimate of drug-likeness (QED) is 0.539. The van der Waals surface area contributed by atoms with Gasteiger partial charge in [-0.25, -0.2) is 14.5 Å². The number of rotatable bonds is 6. The van der Waals surface area contributed by atoms with Gasteiger partial charge in [-0.1, -0.05) is 0 Å². The Morgan fingerprint density at radius 2 is 1.67 bits per heavy atom. The van der Waals surface area contributed by atoms with Crippen molar-refractivity contribution in [3.05, 3.63) is 53.6 Å². The second-order valence-corrected chi connectivity index (χ2v) is 7.34. The Morgan fingerprint density at radius 3 is 2.27 bits per heavy atom.